The summed E-state index contributed by atoms with van der Waals surface area (Å²) in [6.07, 6.45) is 7.65. The third-order valence-electron chi connectivity index (χ3n) is 4.61. The Labute approximate surface area is 129 Å². The molecule has 0 bridgehead atoms. The molecule has 1 aromatic heterocycles. The maximum absolute atomic E-state index is 5.50. The number of ether oxygens (including phenoxy) is 2. The van der Waals surface area contributed by atoms with E-state index in [4.69, 9.17) is 9.47 Å². The predicted molar refractivity (Wildman–Crippen MR) is 81.9 cm³/mol. The molecule has 1 atom stereocenters. The Morgan fingerprint density at radius 3 is 2.86 bits per heavy atom. The zero-order valence-electron chi connectivity index (χ0n) is 12.6. The summed E-state index contributed by atoms with van der Waals surface area (Å²) in [5.41, 5.74) is 2.52. The Morgan fingerprint density at radius 2 is 2.09 bits per heavy atom. The zero-order chi connectivity index (χ0) is 15.0. The zero-order valence-corrected chi connectivity index (χ0v) is 12.6. The predicted octanol–water partition coefficient (Wildman–Crippen LogP) is 2.59. The van der Waals surface area contributed by atoms with E-state index in [-0.39, 0.29) is 11.5 Å². The van der Waals surface area contributed by atoms with Gasteiger partial charge in [-0.2, -0.15) is 0 Å². The molecule has 4 rings (SSSR count). The van der Waals surface area contributed by atoms with Crippen molar-refractivity contribution in [2.75, 3.05) is 13.3 Å². The lowest BCUT2D eigenvalue weighted by Crippen LogP contribution is -2.29. The number of hydrogen-bond donors (Lipinski definition) is 1. The summed E-state index contributed by atoms with van der Waals surface area (Å²) >= 11 is 0. The quantitative estimate of drug-likeness (QED) is 0.919. The highest BCUT2D eigenvalue weighted by molar-refractivity contribution is 5.48. The normalized spacial score (nSPS) is 19.0. The molecule has 114 valence electrons. The van der Waals surface area contributed by atoms with Crippen LogP contribution in [0.1, 0.15) is 37.1 Å². The van der Waals surface area contributed by atoms with Crippen LogP contribution in [0.3, 0.4) is 0 Å². The van der Waals surface area contributed by atoms with Gasteiger partial charge in [0.1, 0.15) is 0 Å². The molecule has 0 amide bonds. The molecule has 0 radical (unpaired) electrons. The van der Waals surface area contributed by atoms with Gasteiger partial charge in [-0.3, -0.25) is 9.97 Å². The average Bonchev–Trinajstić information content (AvgIpc) is 3.22. The van der Waals surface area contributed by atoms with Gasteiger partial charge in [-0.25, -0.2) is 0 Å². The van der Waals surface area contributed by atoms with Crippen molar-refractivity contribution in [2.45, 2.75) is 31.2 Å². The van der Waals surface area contributed by atoms with Gasteiger partial charge >= 0.3 is 0 Å². The molecule has 1 aliphatic carbocycles. The largest absolute Gasteiger partial charge is 0.454 e. The second-order valence-electron chi connectivity index (χ2n) is 6.08. The molecule has 0 unspecified atom stereocenters. The van der Waals surface area contributed by atoms with E-state index in [0.29, 0.717) is 6.79 Å². The molecule has 1 aliphatic heterocycles. The molecule has 0 saturated heterocycles. The van der Waals surface area contributed by atoms with Gasteiger partial charge in [-0.1, -0.05) is 6.07 Å². The molecule has 1 fully saturated rings. The number of aromatic nitrogens is 2. The van der Waals surface area contributed by atoms with Crippen molar-refractivity contribution < 1.29 is 9.47 Å². The van der Waals surface area contributed by atoms with Gasteiger partial charge in [-0.15, -0.1) is 0 Å². The number of hydrogen-bond acceptors (Lipinski definition) is 5. The van der Waals surface area contributed by atoms with Crippen molar-refractivity contribution in [3.8, 4) is 11.5 Å². The van der Waals surface area contributed by atoms with Crippen LogP contribution in [0.2, 0.25) is 0 Å². The van der Waals surface area contributed by atoms with E-state index in [1.165, 1.54) is 18.4 Å². The standard InChI is InChI=1S/C17H19N3O2/c1-12(14-9-18-6-7-19-14)20-10-17(4-5-17)13-2-3-15-16(8-13)22-11-21-15/h2-3,6-9,12,20H,4-5,10-11H2,1H3/t12-/m1/s1. The summed E-state index contributed by atoms with van der Waals surface area (Å²) in [5.74, 6) is 1.71. The first-order valence-electron chi connectivity index (χ1n) is 7.66. The molecule has 22 heavy (non-hydrogen) atoms. The van der Waals surface area contributed by atoms with E-state index >= 15 is 0 Å². The van der Waals surface area contributed by atoms with Crippen LogP contribution in [0.15, 0.2) is 36.8 Å². The summed E-state index contributed by atoms with van der Waals surface area (Å²) in [4.78, 5) is 8.49. The Kier molecular flexibility index (Phi) is 3.22. The minimum Gasteiger partial charge on any atom is -0.454 e. The average molecular weight is 297 g/mol. The first kappa shape index (κ1) is 13.5. The molecule has 2 heterocycles. The van der Waals surface area contributed by atoms with Gasteiger partial charge in [0.25, 0.3) is 0 Å². The minimum absolute atomic E-state index is 0.195. The number of fused-ring (bicyclic) bond motifs is 1. The lowest BCUT2D eigenvalue weighted by Gasteiger charge is -2.20. The van der Waals surface area contributed by atoms with Gasteiger partial charge in [0.15, 0.2) is 11.5 Å². The highest BCUT2D eigenvalue weighted by atomic mass is 16.7. The van der Waals surface area contributed by atoms with Crippen molar-refractivity contribution >= 4 is 0 Å². The summed E-state index contributed by atoms with van der Waals surface area (Å²) in [7, 11) is 0. The number of rotatable bonds is 5. The van der Waals surface area contributed by atoms with Crippen molar-refractivity contribution in [1.29, 1.82) is 0 Å². The van der Waals surface area contributed by atoms with Crippen molar-refractivity contribution in [1.82, 2.24) is 15.3 Å². The topological polar surface area (TPSA) is 56.3 Å². The Hall–Kier alpha value is -2.14. The van der Waals surface area contributed by atoms with Crippen LogP contribution in [0, 0.1) is 0 Å². The van der Waals surface area contributed by atoms with E-state index in [1.807, 2.05) is 12.3 Å². The summed E-state index contributed by atoms with van der Waals surface area (Å²) < 4.78 is 10.9. The third-order valence-corrected chi connectivity index (χ3v) is 4.61. The number of nitrogens with zero attached hydrogens (tertiary/aromatic N) is 2. The fourth-order valence-corrected chi connectivity index (χ4v) is 2.93. The lowest BCUT2D eigenvalue weighted by atomic mass is 9.95. The highest BCUT2D eigenvalue weighted by Gasteiger charge is 2.44. The van der Waals surface area contributed by atoms with Crippen LogP contribution < -0.4 is 14.8 Å². The van der Waals surface area contributed by atoms with Crippen LogP contribution in [0.25, 0.3) is 0 Å². The maximum Gasteiger partial charge on any atom is 0.231 e. The van der Waals surface area contributed by atoms with Gasteiger partial charge < -0.3 is 14.8 Å². The first-order chi connectivity index (χ1) is 10.8. The van der Waals surface area contributed by atoms with E-state index < -0.39 is 0 Å². The van der Waals surface area contributed by atoms with Crippen LogP contribution in [-0.4, -0.2) is 23.3 Å². The summed E-state index contributed by atoms with van der Waals surface area (Å²) in [6.45, 7) is 3.39. The molecule has 2 aliphatic rings. The van der Waals surface area contributed by atoms with E-state index in [2.05, 4.69) is 34.3 Å². The Balaban J connectivity index is 1.46. The number of benzene rings is 1. The van der Waals surface area contributed by atoms with Crippen LogP contribution in [-0.2, 0) is 5.41 Å². The van der Waals surface area contributed by atoms with Gasteiger partial charge in [-0.05, 0) is 37.5 Å². The maximum atomic E-state index is 5.50. The van der Waals surface area contributed by atoms with Crippen molar-refractivity contribution in [2.24, 2.45) is 0 Å². The molecule has 1 saturated carbocycles. The third kappa shape index (κ3) is 2.41. The van der Waals surface area contributed by atoms with Crippen LogP contribution in [0.4, 0.5) is 0 Å². The molecular formula is C17H19N3O2. The summed E-state index contributed by atoms with van der Waals surface area (Å²) in [5, 5.41) is 3.59. The molecule has 5 nitrogen and oxygen atoms in total. The molecular weight excluding hydrogens is 278 g/mol. The minimum atomic E-state index is 0.195. The fraction of sp³-hybridized carbons (Fsp3) is 0.412. The molecule has 0 spiro atoms. The molecule has 2 aromatic rings. The second-order valence-corrected chi connectivity index (χ2v) is 6.08. The monoisotopic (exact) mass is 297 g/mol. The van der Waals surface area contributed by atoms with E-state index in [9.17, 15) is 0 Å². The van der Waals surface area contributed by atoms with Crippen LogP contribution >= 0.6 is 0 Å². The molecule has 5 heteroatoms. The first-order valence-corrected chi connectivity index (χ1v) is 7.66. The SMILES string of the molecule is C[C@@H](NCC1(c2ccc3c(c2)OCO3)CC1)c1cnccn1. The van der Waals surface area contributed by atoms with E-state index in [0.717, 1.165) is 23.7 Å². The summed E-state index contributed by atoms with van der Waals surface area (Å²) in [6, 6.07) is 6.50. The fourth-order valence-electron chi connectivity index (χ4n) is 2.93. The van der Waals surface area contributed by atoms with Crippen LogP contribution in [0.5, 0.6) is 11.5 Å². The van der Waals surface area contributed by atoms with Crippen molar-refractivity contribution in [3.05, 3.63) is 48.0 Å². The lowest BCUT2D eigenvalue weighted by molar-refractivity contribution is 0.174. The van der Waals surface area contributed by atoms with E-state index in [1.54, 1.807) is 12.4 Å². The van der Waals surface area contributed by atoms with Gasteiger partial charge in [0.05, 0.1) is 5.69 Å². The Bertz CT molecular complexity index is 671. The van der Waals surface area contributed by atoms with Gasteiger partial charge in [0, 0.05) is 36.6 Å². The molecule has 1 N–H and O–H groups in total. The number of nitrogens with one attached hydrogen (secondary N) is 1. The second kappa shape index (κ2) is 5.25. The Morgan fingerprint density at radius 1 is 1.23 bits per heavy atom. The van der Waals surface area contributed by atoms with Crippen molar-refractivity contribution in [3.63, 3.8) is 0 Å². The van der Waals surface area contributed by atoms with Gasteiger partial charge in [0.2, 0.25) is 6.79 Å². The highest BCUT2D eigenvalue weighted by Crippen LogP contribution is 2.50. The molecule has 1 aromatic carbocycles. The smallest absolute Gasteiger partial charge is 0.231 e.